The molecule has 1 heterocycles. The summed E-state index contributed by atoms with van der Waals surface area (Å²) in [5.41, 5.74) is -1.11. The quantitative estimate of drug-likeness (QED) is 0.510. The number of hydrogen-bond acceptors (Lipinski definition) is 5. The lowest BCUT2D eigenvalue weighted by Crippen LogP contribution is -2.57. The van der Waals surface area contributed by atoms with Crippen LogP contribution in [0.15, 0.2) is 22.2 Å². The normalized spacial score (nSPS) is 21.4. The lowest BCUT2D eigenvalue weighted by Gasteiger charge is -2.30. The second-order valence-corrected chi connectivity index (χ2v) is 6.46. The van der Waals surface area contributed by atoms with E-state index in [4.69, 9.17) is 0 Å². The van der Waals surface area contributed by atoms with Crippen LogP contribution in [0.1, 0.15) is 25.7 Å². The highest BCUT2D eigenvalue weighted by molar-refractivity contribution is 7.99. The van der Waals surface area contributed by atoms with Crippen molar-refractivity contribution in [2.75, 3.05) is 5.75 Å². The van der Waals surface area contributed by atoms with Gasteiger partial charge in [-0.1, -0.05) is 11.8 Å². The SMILES string of the molecule is O=C(O)C(CSc1nccc(=O)[nH]1)(NC1CC1)C1CC1. The standard InChI is InChI=1S/C13H17N3O3S/c17-10-5-6-14-12(15-10)20-7-13(11(18)19,8-1-2-8)16-9-3-4-9/h5-6,8-9,16H,1-4,7H2,(H,18,19)(H,14,15,17). The topological polar surface area (TPSA) is 95.1 Å². The van der Waals surface area contributed by atoms with Crippen LogP contribution in [0.3, 0.4) is 0 Å². The third kappa shape index (κ3) is 2.88. The third-order valence-corrected chi connectivity index (χ3v) is 4.86. The predicted octanol–water partition coefficient (Wildman–Crippen LogP) is 0.847. The number of nitrogens with one attached hydrogen (secondary N) is 2. The van der Waals surface area contributed by atoms with Crippen molar-refractivity contribution < 1.29 is 9.90 Å². The van der Waals surface area contributed by atoms with Gasteiger partial charge in [-0.3, -0.25) is 14.9 Å². The third-order valence-electron chi connectivity index (χ3n) is 3.78. The molecular formula is C13H17N3O3S. The molecule has 1 aromatic rings. The molecule has 0 radical (unpaired) electrons. The van der Waals surface area contributed by atoms with E-state index < -0.39 is 11.5 Å². The molecule has 0 spiro atoms. The van der Waals surface area contributed by atoms with Crippen LogP contribution >= 0.6 is 11.8 Å². The maximum absolute atomic E-state index is 11.8. The lowest BCUT2D eigenvalue weighted by molar-refractivity contribution is -0.145. The van der Waals surface area contributed by atoms with Crippen LogP contribution in [0.4, 0.5) is 0 Å². The minimum atomic E-state index is -0.889. The average Bonchev–Trinajstić information content (AvgIpc) is 3.26. The van der Waals surface area contributed by atoms with Gasteiger partial charge in [0.2, 0.25) is 0 Å². The number of aliphatic carboxylic acids is 1. The summed E-state index contributed by atoms with van der Waals surface area (Å²) in [4.78, 5) is 29.7. The molecule has 1 unspecified atom stereocenters. The number of carbonyl (C=O) groups is 1. The van der Waals surface area contributed by atoms with Gasteiger partial charge in [0.1, 0.15) is 5.54 Å². The van der Waals surface area contributed by atoms with Crippen molar-refractivity contribution in [1.82, 2.24) is 15.3 Å². The predicted molar refractivity (Wildman–Crippen MR) is 74.8 cm³/mol. The number of carboxylic acids is 1. The van der Waals surface area contributed by atoms with E-state index >= 15 is 0 Å². The molecule has 2 saturated carbocycles. The second kappa shape index (κ2) is 5.21. The summed E-state index contributed by atoms with van der Waals surface area (Å²) in [5, 5.41) is 13.5. The van der Waals surface area contributed by atoms with E-state index in [9.17, 15) is 14.7 Å². The summed E-state index contributed by atoms with van der Waals surface area (Å²) >= 11 is 1.30. The van der Waals surface area contributed by atoms with Gasteiger partial charge in [0.15, 0.2) is 5.16 Å². The molecule has 6 nitrogen and oxygen atoms in total. The number of rotatable bonds is 7. The Morgan fingerprint density at radius 1 is 1.50 bits per heavy atom. The van der Waals surface area contributed by atoms with Gasteiger partial charge < -0.3 is 10.1 Å². The summed E-state index contributed by atoms with van der Waals surface area (Å²) in [6, 6.07) is 1.67. The molecule has 0 bridgehead atoms. The van der Waals surface area contributed by atoms with E-state index in [0.29, 0.717) is 17.0 Å². The minimum Gasteiger partial charge on any atom is -0.480 e. The van der Waals surface area contributed by atoms with Gasteiger partial charge in [-0.2, -0.15) is 0 Å². The zero-order valence-electron chi connectivity index (χ0n) is 11.0. The molecule has 1 aromatic heterocycles. The van der Waals surface area contributed by atoms with Gasteiger partial charge in [0.25, 0.3) is 5.56 Å². The number of nitrogens with zero attached hydrogens (tertiary/aromatic N) is 1. The highest BCUT2D eigenvalue weighted by Crippen LogP contribution is 2.43. The van der Waals surface area contributed by atoms with Crippen molar-refractivity contribution in [2.45, 2.75) is 42.4 Å². The summed E-state index contributed by atoms with van der Waals surface area (Å²) in [7, 11) is 0. The van der Waals surface area contributed by atoms with Gasteiger partial charge in [-0.05, 0) is 31.6 Å². The highest BCUT2D eigenvalue weighted by atomic mass is 32.2. The van der Waals surface area contributed by atoms with Crippen molar-refractivity contribution in [1.29, 1.82) is 0 Å². The maximum Gasteiger partial charge on any atom is 0.325 e. The lowest BCUT2D eigenvalue weighted by atomic mass is 9.95. The van der Waals surface area contributed by atoms with Crippen LogP contribution in [0, 0.1) is 5.92 Å². The summed E-state index contributed by atoms with van der Waals surface area (Å²) < 4.78 is 0. The Morgan fingerprint density at radius 3 is 2.80 bits per heavy atom. The number of H-pyrrole nitrogens is 1. The Hall–Kier alpha value is -1.34. The first-order chi connectivity index (χ1) is 9.60. The van der Waals surface area contributed by atoms with Gasteiger partial charge >= 0.3 is 5.97 Å². The number of aromatic amines is 1. The van der Waals surface area contributed by atoms with E-state index in [1.807, 2.05) is 0 Å². The van der Waals surface area contributed by atoms with E-state index in [1.165, 1.54) is 24.0 Å². The Kier molecular flexibility index (Phi) is 3.55. The summed E-state index contributed by atoms with van der Waals surface area (Å²) in [6.07, 6.45) is 5.44. The fourth-order valence-corrected chi connectivity index (χ4v) is 3.47. The molecule has 108 valence electrons. The van der Waals surface area contributed by atoms with Crippen LogP contribution in [-0.2, 0) is 4.79 Å². The highest BCUT2D eigenvalue weighted by Gasteiger charge is 2.53. The van der Waals surface area contributed by atoms with Crippen molar-refractivity contribution in [3.05, 3.63) is 22.6 Å². The largest absolute Gasteiger partial charge is 0.480 e. The zero-order chi connectivity index (χ0) is 14.2. The maximum atomic E-state index is 11.8. The molecule has 0 aliphatic heterocycles. The molecule has 7 heteroatoms. The summed E-state index contributed by atoms with van der Waals surface area (Å²) in [5.74, 6) is -0.225. The Bertz CT molecular complexity index is 568. The molecule has 3 rings (SSSR count). The zero-order valence-corrected chi connectivity index (χ0v) is 11.8. The van der Waals surface area contributed by atoms with Gasteiger partial charge in [0.05, 0.1) is 0 Å². The molecule has 3 N–H and O–H groups in total. The molecular weight excluding hydrogens is 278 g/mol. The van der Waals surface area contributed by atoms with Crippen molar-refractivity contribution in [2.24, 2.45) is 5.92 Å². The first-order valence-corrected chi connectivity index (χ1v) is 7.78. The molecule has 1 atom stereocenters. The van der Waals surface area contributed by atoms with Crippen LogP contribution in [-0.4, -0.2) is 38.4 Å². The average molecular weight is 295 g/mol. The molecule has 0 amide bonds. The first-order valence-electron chi connectivity index (χ1n) is 6.79. The Labute approximate surface area is 120 Å². The van der Waals surface area contributed by atoms with E-state index in [1.54, 1.807) is 0 Å². The van der Waals surface area contributed by atoms with Gasteiger partial charge in [-0.15, -0.1) is 0 Å². The second-order valence-electron chi connectivity index (χ2n) is 5.50. The Balaban J connectivity index is 1.75. The molecule has 0 aromatic carbocycles. The minimum absolute atomic E-state index is 0.184. The number of aromatic nitrogens is 2. The first kappa shape index (κ1) is 13.6. The van der Waals surface area contributed by atoms with Crippen molar-refractivity contribution in [3.63, 3.8) is 0 Å². The van der Waals surface area contributed by atoms with E-state index in [2.05, 4.69) is 15.3 Å². The Morgan fingerprint density at radius 2 is 2.25 bits per heavy atom. The number of thioether (sulfide) groups is 1. The summed E-state index contributed by atoms with van der Waals surface area (Å²) in [6.45, 7) is 0. The molecule has 2 aliphatic carbocycles. The fraction of sp³-hybridized carbons (Fsp3) is 0.615. The molecule has 2 fully saturated rings. The van der Waals surface area contributed by atoms with Gasteiger partial charge in [-0.25, -0.2) is 4.98 Å². The van der Waals surface area contributed by atoms with Gasteiger partial charge in [0, 0.05) is 24.1 Å². The van der Waals surface area contributed by atoms with Crippen LogP contribution < -0.4 is 10.9 Å². The molecule has 20 heavy (non-hydrogen) atoms. The fourth-order valence-electron chi connectivity index (χ4n) is 2.35. The van der Waals surface area contributed by atoms with Crippen LogP contribution in [0.2, 0.25) is 0 Å². The molecule has 0 saturated heterocycles. The van der Waals surface area contributed by atoms with Crippen molar-refractivity contribution >= 4 is 17.7 Å². The van der Waals surface area contributed by atoms with E-state index in [0.717, 1.165) is 25.7 Å². The number of carboxylic acid groups (broad SMARTS) is 1. The number of hydrogen-bond donors (Lipinski definition) is 3. The molecule has 2 aliphatic rings. The van der Waals surface area contributed by atoms with Crippen LogP contribution in [0.25, 0.3) is 0 Å². The van der Waals surface area contributed by atoms with Crippen LogP contribution in [0.5, 0.6) is 0 Å². The van der Waals surface area contributed by atoms with E-state index in [-0.39, 0.29) is 11.5 Å². The monoisotopic (exact) mass is 295 g/mol. The smallest absolute Gasteiger partial charge is 0.325 e. The van der Waals surface area contributed by atoms with Crippen molar-refractivity contribution in [3.8, 4) is 0 Å².